The molecule has 0 amide bonds. The minimum Gasteiger partial charge on any atom is -0.768 e. The number of rotatable bonds is 3. The number of methoxy groups -OCH3 is 2. The summed E-state index contributed by atoms with van der Waals surface area (Å²) in [5, 5.41) is 0. The Bertz CT molecular complexity index is 375. The van der Waals surface area contributed by atoms with E-state index in [4.69, 9.17) is 4.74 Å². The first-order chi connectivity index (χ1) is 6.60. The number of carbonyl (C=O) groups is 1. The van der Waals surface area contributed by atoms with E-state index in [1.165, 1.54) is 20.3 Å². The average molecular weight is 258 g/mol. The maximum Gasteiger partial charge on any atom is 1.00 e. The van der Waals surface area contributed by atoms with Crippen LogP contribution in [0.3, 0.4) is 0 Å². The van der Waals surface area contributed by atoms with Gasteiger partial charge in [-0.05, 0) is 11.1 Å². The number of hydrogen-bond acceptors (Lipinski definition) is 6. The van der Waals surface area contributed by atoms with Crippen LogP contribution >= 0.6 is 11.3 Å². The second-order valence-corrected chi connectivity index (χ2v) is 4.38. The summed E-state index contributed by atoms with van der Waals surface area (Å²) in [6.07, 6.45) is 0. The summed E-state index contributed by atoms with van der Waals surface area (Å²) in [5.41, 5.74) is 0. The quantitative estimate of drug-likeness (QED) is 0.349. The molecule has 0 aliphatic carbocycles. The maximum atomic E-state index is 11.0. The fourth-order valence-corrected chi connectivity index (χ4v) is 2.44. The van der Waals surface area contributed by atoms with E-state index >= 15 is 0 Å². The molecule has 0 saturated carbocycles. The summed E-state index contributed by atoms with van der Waals surface area (Å²) < 4.78 is 30.6. The molecule has 8 heteroatoms. The van der Waals surface area contributed by atoms with Crippen molar-refractivity contribution in [3.8, 4) is 5.75 Å². The monoisotopic (exact) mass is 258 g/mol. The number of esters is 1. The van der Waals surface area contributed by atoms with E-state index in [0.29, 0.717) is 0 Å². The Kier molecular flexibility index (Phi) is 6.65. The topological polar surface area (TPSA) is 75.7 Å². The largest absolute Gasteiger partial charge is 1.00 e. The third-order valence-electron chi connectivity index (χ3n) is 1.42. The molecule has 5 nitrogen and oxygen atoms in total. The van der Waals surface area contributed by atoms with Gasteiger partial charge in [-0.3, -0.25) is 4.21 Å². The zero-order valence-corrected chi connectivity index (χ0v) is 12.1. The van der Waals surface area contributed by atoms with Gasteiger partial charge in [0.15, 0.2) is 0 Å². The van der Waals surface area contributed by atoms with Crippen LogP contribution < -0.4 is 34.3 Å². The maximum absolute atomic E-state index is 11.0. The van der Waals surface area contributed by atoms with Gasteiger partial charge in [-0.25, -0.2) is 4.79 Å². The minimum atomic E-state index is -2.40. The predicted molar refractivity (Wildman–Crippen MR) is 49.4 cm³/mol. The van der Waals surface area contributed by atoms with Gasteiger partial charge in [-0.1, -0.05) is 0 Å². The molecule has 1 aromatic rings. The van der Waals surface area contributed by atoms with Crippen LogP contribution in [0.4, 0.5) is 0 Å². The molecule has 0 N–H and O–H groups in total. The van der Waals surface area contributed by atoms with Gasteiger partial charge < -0.3 is 14.0 Å². The van der Waals surface area contributed by atoms with Crippen molar-refractivity contribution in [3.63, 3.8) is 0 Å². The molecule has 1 aromatic heterocycles. The van der Waals surface area contributed by atoms with Crippen molar-refractivity contribution in [1.29, 1.82) is 0 Å². The Morgan fingerprint density at radius 3 is 2.47 bits per heavy atom. The van der Waals surface area contributed by atoms with Crippen molar-refractivity contribution in [2.24, 2.45) is 0 Å². The van der Waals surface area contributed by atoms with E-state index < -0.39 is 17.0 Å². The van der Waals surface area contributed by atoms with Gasteiger partial charge in [0.1, 0.15) is 14.8 Å². The summed E-state index contributed by atoms with van der Waals surface area (Å²) in [7, 11) is 2.56. The summed E-state index contributed by atoms with van der Waals surface area (Å²) in [6.45, 7) is 0. The number of carbonyl (C=O) groups excluding carboxylic acids is 1. The van der Waals surface area contributed by atoms with Crippen LogP contribution in [-0.4, -0.2) is 29.0 Å². The standard InChI is InChI=1S/C7H8O5S2.Na/c1-11-4-3-5(6(8)12-2)13-7(4)14(9)10;/h3H,1-2H3,(H,9,10);/q;+1/p-1. The van der Waals surface area contributed by atoms with Crippen LogP contribution in [0, 0.1) is 0 Å². The van der Waals surface area contributed by atoms with Crippen molar-refractivity contribution in [2.75, 3.05) is 14.2 Å². The second-order valence-electron chi connectivity index (χ2n) is 2.19. The first kappa shape index (κ1) is 15.1. The molecular formula is C7H7NaO5S2. The van der Waals surface area contributed by atoms with Crippen molar-refractivity contribution in [3.05, 3.63) is 10.9 Å². The van der Waals surface area contributed by atoms with Gasteiger partial charge in [0.25, 0.3) is 0 Å². The van der Waals surface area contributed by atoms with Crippen molar-refractivity contribution in [2.45, 2.75) is 4.21 Å². The summed E-state index contributed by atoms with van der Waals surface area (Å²) >= 11 is -1.59. The summed E-state index contributed by atoms with van der Waals surface area (Å²) in [6, 6.07) is 1.33. The van der Waals surface area contributed by atoms with E-state index in [1.807, 2.05) is 0 Å². The first-order valence-corrected chi connectivity index (χ1v) is 5.34. The number of ether oxygens (including phenoxy) is 2. The number of hydrogen-bond donors (Lipinski definition) is 0. The van der Waals surface area contributed by atoms with Crippen LogP contribution in [0.2, 0.25) is 0 Å². The van der Waals surface area contributed by atoms with Gasteiger partial charge in [0, 0.05) is 6.07 Å². The Labute approximate surface area is 115 Å². The SMILES string of the molecule is COC(=O)c1cc(OC)c(S(=O)[O-])s1.[Na+]. The molecule has 0 aromatic carbocycles. The Balaban J connectivity index is 0.00000196. The molecule has 1 unspecified atom stereocenters. The molecule has 0 aliphatic heterocycles. The van der Waals surface area contributed by atoms with Crippen LogP contribution in [0.1, 0.15) is 9.67 Å². The Morgan fingerprint density at radius 1 is 1.53 bits per heavy atom. The van der Waals surface area contributed by atoms with E-state index in [9.17, 15) is 13.6 Å². The second kappa shape index (κ2) is 6.62. The molecular weight excluding hydrogens is 251 g/mol. The fraction of sp³-hybridized carbons (Fsp3) is 0.286. The van der Waals surface area contributed by atoms with Crippen molar-refractivity contribution in [1.82, 2.24) is 0 Å². The molecule has 0 fully saturated rings. The smallest absolute Gasteiger partial charge is 0.768 e. The number of thiophene rings is 1. The van der Waals surface area contributed by atoms with Gasteiger partial charge in [-0.15, -0.1) is 11.3 Å². The molecule has 1 rings (SSSR count). The predicted octanol–water partition coefficient (Wildman–Crippen LogP) is -2.21. The van der Waals surface area contributed by atoms with E-state index in [-0.39, 0.29) is 44.4 Å². The van der Waals surface area contributed by atoms with E-state index in [2.05, 4.69) is 4.74 Å². The van der Waals surface area contributed by atoms with Crippen LogP contribution in [-0.2, 0) is 15.8 Å². The molecule has 0 bridgehead atoms. The van der Waals surface area contributed by atoms with Crippen molar-refractivity contribution >= 4 is 28.4 Å². The minimum absolute atomic E-state index is 0. The van der Waals surface area contributed by atoms with Crippen LogP contribution in [0.25, 0.3) is 0 Å². The summed E-state index contributed by atoms with van der Waals surface area (Å²) in [5.74, 6) is -0.422. The zero-order chi connectivity index (χ0) is 10.7. The third kappa shape index (κ3) is 3.54. The third-order valence-corrected chi connectivity index (χ3v) is 3.48. The molecule has 0 saturated heterocycles. The molecule has 1 heterocycles. The van der Waals surface area contributed by atoms with Gasteiger partial charge >= 0.3 is 35.5 Å². The van der Waals surface area contributed by atoms with Crippen LogP contribution in [0.15, 0.2) is 10.3 Å². The Hall–Kier alpha value is 0.0800. The average Bonchev–Trinajstić information content (AvgIpc) is 2.60. The summed E-state index contributed by atoms with van der Waals surface area (Å²) in [4.78, 5) is 11.2. The first-order valence-electron chi connectivity index (χ1n) is 3.45. The van der Waals surface area contributed by atoms with Gasteiger partial charge in [-0.2, -0.15) is 0 Å². The van der Waals surface area contributed by atoms with Gasteiger partial charge in [0.05, 0.1) is 14.2 Å². The molecule has 0 spiro atoms. The Morgan fingerprint density at radius 2 is 2.13 bits per heavy atom. The molecule has 78 valence electrons. The molecule has 15 heavy (non-hydrogen) atoms. The molecule has 0 radical (unpaired) electrons. The fourth-order valence-electron chi connectivity index (χ4n) is 0.817. The van der Waals surface area contributed by atoms with Crippen LogP contribution in [0.5, 0.6) is 5.75 Å². The molecule has 0 aliphatic rings. The zero-order valence-electron chi connectivity index (χ0n) is 8.44. The normalized spacial score (nSPS) is 11.4. The van der Waals surface area contributed by atoms with Gasteiger partial charge in [0.2, 0.25) is 0 Å². The van der Waals surface area contributed by atoms with E-state index in [0.717, 1.165) is 11.3 Å². The molecule has 1 atom stereocenters. The van der Waals surface area contributed by atoms with Crippen molar-refractivity contribution < 1.29 is 52.6 Å². The van der Waals surface area contributed by atoms with E-state index in [1.54, 1.807) is 0 Å².